The molecule has 0 amide bonds. The van der Waals surface area contributed by atoms with E-state index >= 15 is 0 Å². The Kier molecular flexibility index (Phi) is 5.89. The maximum atomic E-state index is 14.2. The molecule has 1 N–H and O–H groups in total. The molecule has 3 rings (SSSR count). The highest BCUT2D eigenvalue weighted by atomic mass is 19.1. The van der Waals surface area contributed by atoms with E-state index in [1.54, 1.807) is 31.4 Å². The van der Waals surface area contributed by atoms with Crippen LogP contribution < -0.4 is 4.74 Å². The lowest BCUT2D eigenvalue weighted by molar-refractivity contribution is 0.0284. The van der Waals surface area contributed by atoms with Crippen LogP contribution in [0.2, 0.25) is 0 Å². The van der Waals surface area contributed by atoms with Crippen LogP contribution in [0.4, 0.5) is 8.78 Å². The average molecular weight is 361 g/mol. The van der Waals surface area contributed by atoms with Crippen LogP contribution in [0.5, 0.6) is 5.75 Å². The molecule has 1 unspecified atom stereocenters. The van der Waals surface area contributed by atoms with Gasteiger partial charge in [-0.1, -0.05) is 12.1 Å². The maximum absolute atomic E-state index is 14.2. The molecule has 26 heavy (non-hydrogen) atoms. The summed E-state index contributed by atoms with van der Waals surface area (Å²) in [6, 6.07) is 11.2. The highest BCUT2D eigenvalue weighted by molar-refractivity contribution is 5.30. The summed E-state index contributed by atoms with van der Waals surface area (Å²) < 4.78 is 32.5. The largest absolute Gasteiger partial charge is 0.497 e. The normalized spacial score (nSPS) is 20.9. The van der Waals surface area contributed by atoms with Gasteiger partial charge in [0.25, 0.3) is 0 Å². The lowest BCUT2D eigenvalue weighted by atomic mass is 9.75. The van der Waals surface area contributed by atoms with Crippen LogP contribution >= 0.6 is 0 Å². The first-order valence-electron chi connectivity index (χ1n) is 8.94. The Morgan fingerprint density at radius 3 is 2.62 bits per heavy atom. The monoisotopic (exact) mass is 361 g/mol. The number of rotatable bonds is 6. The molecule has 0 aliphatic carbocycles. The molecule has 0 spiro atoms. The van der Waals surface area contributed by atoms with Crippen molar-refractivity contribution in [1.82, 2.24) is 4.90 Å². The van der Waals surface area contributed by atoms with Gasteiger partial charge in [0.2, 0.25) is 0 Å². The minimum absolute atomic E-state index is 0.0570. The number of halogens is 2. The van der Waals surface area contributed by atoms with E-state index in [9.17, 15) is 13.9 Å². The second-order valence-electron chi connectivity index (χ2n) is 7.23. The Balaban J connectivity index is 1.73. The molecular weight excluding hydrogens is 336 g/mol. The third-order valence-electron chi connectivity index (χ3n) is 5.22. The van der Waals surface area contributed by atoms with Gasteiger partial charge < -0.3 is 9.84 Å². The fraction of sp³-hybridized carbons (Fsp3) is 0.429. The Hall–Kier alpha value is -1.98. The number of aliphatic hydroxyl groups is 1. The van der Waals surface area contributed by atoms with Crippen LogP contribution in [0.25, 0.3) is 0 Å². The summed E-state index contributed by atoms with van der Waals surface area (Å²) in [5.41, 5.74) is 1.32. The summed E-state index contributed by atoms with van der Waals surface area (Å²) >= 11 is 0. The molecule has 1 heterocycles. The lowest BCUT2D eigenvalue weighted by Crippen LogP contribution is -2.46. The fourth-order valence-electron chi connectivity index (χ4n) is 3.85. The van der Waals surface area contributed by atoms with Crippen molar-refractivity contribution in [1.29, 1.82) is 0 Å². The quantitative estimate of drug-likeness (QED) is 0.850. The number of hydrogen-bond acceptors (Lipinski definition) is 3. The maximum Gasteiger partial charge on any atom is 0.127 e. The predicted molar refractivity (Wildman–Crippen MR) is 97.1 cm³/mol. The van der Waals surface area contributed by atoms with E-state index in [4.69, 9.17) is 4.74 Å². The van der Waals surface area contributed by atoms with E-state index in [2.05, 4.69) is 4.90 Å². The van der Waals surface area contributed by atoms with Gasteiger partial charge in [-0.25, -0.2) is 8.78 Å². The van der Waals surface area contributed by atoms with E-state index in [0.717, 1.165) is 24.9 Å². The predicted octanol–water partition coefficient (Wildman–Crippen LogP) is 3.79. The number of methoxy groups -OCH3 is 1. The highest BCUT2D eigenvalue weighted by Gasteiger charge is 2.35. The van der Waals surface area contributed by atoms with Gasteiger partial charge in [0, 0.05) is 24.1 Å². The molecule has 0 aromatic heterocycles. The van der Waals surface area contributed by atoms with Gasteiger partial charge in [-0.05, 0) is 61.7 Å². The van der Waals surface area contributed by atoms with Crippen LogP contribution in [0.3, 0.4) is 0 Å². The van der Waals surface area contributed by atoms with Crippen molar-refractivity contribution in [3.05, 3.63) is 65.2 Å². The van der Waals surface area contributed by atoms with Gasteiger partial charge >= 0.3 is 0 Å². The van der Waals surface area contributed by atoms with Crippen LogP contribution in [-0.4, -0.2) is 36.8 Å². The van der Waals surface area contributed by atoms with Gasteiger partial charge in [0.15, 0.2) is 0 Å². The molecular formula is C21H25F2NO2. The zero-order chi connectivity index (χ0) is 18.6. The standard InChI is InChI=1S/C21H25F2NO2/c1-26-19-7-8-20(23)17(11-19)13-24-10-2-9-21(14-24,15-25)12-16-3-5-18(22)6-4-16/h3-8,11,25H,2,9-10,12-15H2,1H3. The molecule has 0 saturated carbocycles. The summed E-state index contributed by atoms with van der Waals surface area (Å²) in [6.45, 7) is 2.08. The number of piperidine rings is 1. The molecule has 0 bridgehead atoms. The minimum Gasteiger partial charge on any atom is -0.497 e. The molecule has 1 aliphatic heterocycles. The second kappa shape index (κ2) is 8.14. The van der Waals surface area contributed by atoms with E-state index in [-0.39, 0.29) is 23.7 Å². The third-order valence-corrected chi connectivity index (χ3v) is 5.22. The Morgan fingerprint density at radius 1 is 1.15 bits per heavy atom. The van der Waals surface area contributed by atoms with E-state index in [1.165, 1.54) is 18.2 Å². The average Bonchev–Trinajstić information content (AvgIpc) is 2.66. The summed E-state index contributed by atoms with van der Waals surface area (Å²) in [4.78, 5) is 2.18. The first kappa shape index (κ1) is 18.8. The summed E-state index contributed by atoms with van der Waals surface area (Å²) in [7, 11) is 1.57. The van der Waals surface area contributed by atoms with Gasteiger partial charge in [-0.3, -0.25) is 4.90 Å². The number of benzene rings is 2. The zero-order valence-corrected chi connectivity index (χ0v) is 15.0. The Morgan fingerprint density at radius 2 is 1.92 bits per heavy atom. The molecule has 1 saturated heterocycles. The van der Waals surface area contributed by atoms with Crippen molar-refractivity contribution in [2.75, 3.05) is 26.8 Å². The van der Waals surface area contributed by atoms with E-state index in [0.29, 0.717) is 30.8 Å². The molecule has 5 heteroatoms. The number of hydrogen-bond donors (Lipinski definition) is 1. The van der Waals surface area contributed by atoms with Crippen molar-refractivity contribution < 1.29 is 18.6 Å². The Labute approximate surface area is 153 Å². The summed E-state index contributed by atoms with van der Waals surface area (Å²) in [5.74, 6) is 0.133. The van der Waals surface area contributed by atoms with E-state index < -0.39 is 0 Å². The van der Waals surface area contributed by atoms with Gasteiger partial charge in [0.05, 0.1) is 13.7 Å². The van der Waals surface area contributed by atoms with Gasteiger partial charge in [0.1, 0.15) is 17.4 Å². The molecule has 140 valence electrons. The molecule has 2 aromatic rings. The lowest BCUT2D eigenvalue weighted by Gasteiger charge is -2.42. The third kappa shape index (κ3) is 4.40. The van der Waals surface area contributed by atoms with Crippen molar-refractivity contribution >= 4 is 0 Å². The highest BCUT2D eigenvalue weighted by Crippen LogP contribution is 2.34. The van der Waals surface area contributed by atoms with E-state index in [1.807, 2.05) is 0 Å². The fourth-order valence-corrected chi connectivity index (χ4v) is 3.85. The smallest absolute Gasteiger partial charge is 0.127 e. The number of nitrogens with zero attached hydrogens (tertiary/aromatic N) is 1. The van der Waals surface area contributed by atoms with Crippen molar-refractivity contribution in [3.8, 4) is 5.75 Å². The van der Waals surface area contributed by atoms with Crippen molar-refractivity contribution in [3.63, 3.8) is 0 Å². The summed E-state index contributed by atoms with van der Waals surface area (Å²) in [6.07, 6.45) is 2.52. The minimum atomic E-state index is -0.286. The topological polar surface area (TPSA) is 32.7 Å². The molecule has 2 aromatic carbocycles. The molecule has 3 nitrogen and oxygen atoms in total. The molecule has 1 aliphatic rings. The molecule has 0 radical (unpaired) electrons. The zero-order valence-electron chi connectivity index (χ0n) is 15.0. The summed E-state index contributed by atoms with van der Waals surface area (Å²) in [5, 5.41) is 10.1. The van der Waals surface area contributed by atoms with Crippen LogP contribution in [-0.2, 0) is 13.0 Å². The van der Waals surface area contributed by atoms with Crippen molar-refractivity contribution in [2.45, 2.75) is 25.8 Å². The van der Waals surface area contributed by atoms with Crippen molar-refractivity contribution in [2.24, 2.45) is 5.41 Å². The van der Waals surface area contributed by atoms with Gasteiger partial charge in [-0.15, -0.1) is 0 Å². The first-order valence-corrected chi connectivity index (χ1v) is 8.94. The first-order chi connectivity index (χ1) is 12.5. The second-order valence-corrected chi connectivity index (χ2v) is 7.23. The number of aliphatic hydroxyl groups excluding tert-OH is 1. The van der Waals surface area contributed by atoms with Gasteiger partial charge in [-0.2, -0.15) is 0 Å². The van der Waals surface area contributed by atoms with Crippen LogP contribution in [0.15, 0.2) is 42.5 Å². The van der Waals surface area contributed by atoms with Crippen LogP contribution in [0.1, 0.15) is 24.0 Å². The molecule has 1 atom stereocenters. The molecule has 1 fully saturated rings. The number of ether oxygens (including phenoxy) is 1. The SMILES string of the molecule is COc1ccc(F)c(CN2CCCC(CO)(Cc3ccc(F)cc3)C2)c1. The Bertz CT molecular complexity index is 735. The van der Waals surface area contributed by atoms with Crippen LogP contribution in [0, 0.1) is 17.0 Å². The number of likely N-dealkylation sites (tertiary alicyclic amines) is 1.